The van der Waals surface area contributed by atoms with Gasteiger partial charge in [-0.2, -0.15) is 5.10 Å². The van der Waals surface area contributed by atoms with Crippen molar-refractivity contribution in [2.75, 3.05) is 6.79 Å². The third-order valence-corrected chi connectivity index (χ3v) is 4.36. The van der Waals surface area contributed by atoms with E-state index in [2.05, 4.69) is 10.5 Å². The molecule has 136 valence electrons. The van der Waals surface area contributed by atoms with Crippen LogP contribution in [0.2, 0.25) is 10.0 Å². The highest BCUT2D eigenvalue weighted by molar-refractivity contribution is 6.36. The van der Waals surface area contributed by atoms with Crippen molar-refractivity contribution in [1.82, 2.24) is 5.43 Å². The number of rotatable bonds is 4. The fraction of sp³-hybridized carbons (Fsp3) is 0.0526. The number of amides is 1. The smallest absolute Gasteiger partial charge is 0.271 e. The number of hydrazone groups is 1. The van der Waals surface area contributed by atoms with Gasteiger partial charge in [-0.15, -0.1) is 0 Å². The average molecular weight is 403 g/mol. The van der Waals surface area contributed by atoms with Crippen LogP contribution in [0.15, 0.2) is 58.0 Å². The molecule has 3 aromatic rings. The number of halogens is 2. The summed E-state index contributed by atoms with van der Waals surface area (Å²) >= 11 is 12.1. The molecule has 0 atom stereocenters. The second-order valence-electron chi connectivity index (χ2n) is 5.59. The highest BCUT2D eigenvalue weighted by Crippen LogP contribution is 2.33. The normalized spacial score (nSPS) is 12.5. The Balaban J connectivity index is 1.43. The van der Waals surface area contributed by atoms with Crippen LogP contribution >= 0.6 is 23.2 Å². The summed E-state index contributed by atoms with van der Waals surface area (Å²) in [6.45, 7) is 0.150. The van der Waals surface area contributed by atoms with E-state index in [1.54, 1.807) is 48.5 Å². The largest absolute Gasteiger partial charge is 0.455 e. The van der Waals surface area contributed by atoms with Gasteiger partial charge < -0.3 is 13.9 Å². The molecule has 27 heavy (non-hydrogen) atoms. The number of fused-ring (bicyclic) bond motifs is 1. The van der Waals surface area contributed by atoms with Crippen LogP contribution in [-0.2, 0) is 0 Å². The molecule has 1 amide bonds. The maximum absolute atomic E-state index is 12.2. The van der Waals surface area contributed by atoms with Gasteiger partial charge in [0.05, 0.1) is 11.2 Å². The van der Waals surface area contributed by atoms with Crippen LogP contribution in [0, 0.1) is 0 Å². The Hall–Kier alpha value is -2.96. The molecule has 0 aliphatic carbocycles. The van der Waals surface area contributed by atoms with Crippen LogP contribution in [0.4, 0.5) is 0 Å². The zero-order valence-corrected chi connectivity index (χ0v) is 15.3. The fourth-order valence-corrected chi connectivity index (χ4v) is 3.01. The summed E-state index contributed by atoms with van der Waals surface area (Å²) in [6, 6.07) is 13.5. The summed E-state index contributed by atoms with van der Waals surface area (Å²) in [5, 5.41) is 4.94. The van der Waals surface area contributed by atoms with Crippen molar-refractivity contribution in [2.45, 2.75) is 0 Å². The topological polar surface area (TPSA) is 73.1 Å². The number of benzene rings is 2. The molecule has 0 unspecified atom stereocenters. The Morgan fingerprint density at radius 1 is 1.04 bits per heavy atom. The Bertz CT molecular complexity index is 1050. The summed E-state index contributed by atoms with van der Waals surface area (Å²) in [6.07, 6.45) is 1.40. The summed E-state index contributed by atoms with van der Waals surface area (Å²) in [4.78, 5) is 12.2. The van der Waals surface area contributed by atoms with Crippen molar-refractivity contribution in [1.29, 1.82) is 0 Å². The van der Waals surface area contributed by atoms with Crippen molar-refractivity contribution in [2.24, 2.45) is 5.10 Å². The minimum absolute atomic E-state index is 0.150. The number of nitrogens with one attached hydrogen (secondary N) is 1. The first-order chi connectivity index (χ1) is 13.1. The zero-order valence-electron chi connectivity index (χ0n) is 13.7. The van der Waals surface area contributed by atoms with Crippen molar-refractivity contribution in [3.8, 4) is 22.8 Å². The molecule has 1 aliphatic heterocycles. The van der Waals surface area contributed by atoms with Crippen molar-refractivity contribution >= 4 is 35.3 Å². The molecule has 0 fully saturated rings. The first-order valence-corrected chi connectivity index (χ1v) is 8.64. The lowest BCUT2D eigenvalue weighted by molar-refractivity contribution is 0.0954. The van der Waals surface area contributed by atoms with Gasteiger partial charge >= 0.3 is 0 Å². The van der Waals surface area contributed by atoms with Gasteiger partial charge in [-0.1, -0.05) is 23.2 Å². The molecule has 2 heterocycles. The fourth-order valence-electron chi connectivity index (χ4n) is 2.51. The van der Waals surface area contributed by atoms with Gasteiger partial charge in [0.25, 0.3) is 5.91 Å². The van der Waals surface area contributed by atoms with Crippen LogP contribution in [0.5, 0.6) is 11.5 Å². The Morgan fingerprint density at radius 2 is 1.89 bits per heavy atom. The van der Waals surface area contributed by atoms with Gasteiger partial charge in [0.2, 0.25) is 6.79 Å². The van der Waals surface area contributed by atoms with Gasteiger partial charge in [-0.05, 0) is 48.5 Å². The standard InChI is InChI=1S/C19H12Cl2N2O4/c20-12-2-4-14(15(21)8-12)16-6-3-13(27-16)9-22-23-19(24)11-1-5-17-18(7-11)26-10-25-17/h1-9H,10H2,(H,23,24)/b22-9-. The van der Waals surface area contributed by atoms with Crippen LogP contribution < -0.4 is 14.9 Å². The van der Waals surface area contributed by atoms with Crippen LogP contribution in [0.3, 0.4) is 0 Å². The van der Waals surface area contributed by atoms with Crippen molar-refractivity contribution in [3.63, 3.8) is 0 Å². The summed E-state index contributed by atoms with van der Waals surface area (Å²) in [7, 11) is 0. The molecule has 6 nitrogen and oxygen atoms in total. The lowest BCUT2D eigenvalue weighted by Gasteiger charge is -2.01. The van der Waals surface area contributed by atoms with E-state index in [9.17, 15) is 4.79 Å². The number of carbonyl (C=O) groups excluding carboxylic acids is 1. The number of hydrogen-bond donors (Lipinski definition) is 1. The highest BCUT2D eigenvalue weighted by atomic mass is 35.5. The molecule has 4 rings (SSSR count). The van der Waals surface area contributed by atoms with Gasteiger partial charge in [0.1, 0.15) is 11.5 Å². The molecule has 1 N–H and O–H groups in total. The lowest BCUT2D eigenvalue weighted by atomic mass is 10.2. The van der Waals surface area contributed by atoms with Gasteiger partial charge in [0.15, 0.2) is 11.5 Å². The van der Waals surface area contributed by atoms with Gasteiger partial charge in [0, 0.05) is 16.1 Å². The van der Waals surface area contributed by atoms with E-state index in [0.717, 1.165) is 0 Å². The van der Waals surface area contributed by atoms with Crippen molar-refractivity contribution < 1.29 is 18.7 Å². The molecule has 0 spiro atoms. The molecule has 0 saturated heterocycles. The van der Waals surface area contributed by atoms with E-state index in [4.69, 9.17) is 37.1 Å². The predicted molar refractivity (Wildman–Crippen MR) is 102 cm³/mol. The van der Waals surface area contributed by atoms with E-state index in [1.807, 2.05) is 0 Å². The highest BCUT2D eigenvalue weighted by Gasteiger charge is 2.16. The molecule has 2 aromatic carbocycles. The first kappa shape index (κ1) is 17.5. The maximum Gasteiger partial charge on any atom is 0.271 e. The second-order valence-corrected chi connectivity index (χ2v) is 6.44. The molecule has 1 aliphatic rings. The number of carbonyl (C=O) groups is 1. The molecular weight excluding hydrogens is 391 g/mol. The SMILES string of the molecule is O=C(N/N=C\c1ccc(-c2ccc(Cl)cc2Cl)o1)c1ccc2c(c1)OCO2. The monoisotopic (exact) mass is 402 g/mol. The molecule has 0 radical (unpaired) electrons. The van der Waals surface area contributed by atoms with Crippen LogP contribution in [0.25, 0.3) is 11.3 Å². The molecule has 8 heteroatoms. The Morgan fingerprint density at radius 3 is 2.74 bits per heavy atom. The third-order valence-electron chi connectivity index (χ3n) is 3.82. The minimum Gasteiger partial charge on any atom is -0.455 e. The Kier molecular flexibility index (Phi) is 4.75. The second kappa shape index (κ2) is 7.34. The molecule has 0 saturated carbocycles. The molecular formula is C19H12Cl2N2O4. The number of furan rings is 1. The predicted octanol–water partition coefficient (Wildman–Crippen LogP) is 4.75. The van der Waals surface area contributed by atoms with Gasteiger partial charge in [-0.3, -0.25) is 4.79 Å². The summed E-state index contributed by atoms with van der Waals surface area (Å²) < 4.78 is 16.1. The molecule has 1 aromatic heterocycles. The Labute approximate surface area is 164 Å². The summed E-state index contributed by atoms with van der Waals surface area (Å²) in [5.41, 5.74) is 3.56. The lowest BCUT2D eigenvalue weighted by Crippen LogP contribution is -2.17. The van der Waals surface area contributed by atoms with Crippen LogP contribution in [-0.4, -0.2) is 18.9 Å². The van der Waals surface area contributed by atoms with Crippen LogP contribution in [0.1, 0.15) is 16.1 Å². The van der Waals surface area contributed by atoms with E-state index in [1.165, 1.54) is 6.21 Å². The quantitative estimate of drug-likeness (QED) is 0.504. The number of ether oxygens (including phenoxy) is 2. The van der Waals surface area contributed by atoms with E-state index in [-0.39, 0.29) is 12.7 Å². The zero-order chi connectivity index (χ0) is 18.8. The van der Waals surface area contributed by atoms with Gasteiger partial charge in [-0.25, -0.2) is 5.43 Å². The van der Waals surface area contributed by atoms with E-state index in [0.29, 0.717) is 44.2 Å². The average Bonchev–Trinajstić information content (AvgIpc) is 3.30. The number of hydrogen-bond acceptors (Lipinski definition) is 5. The minimum atomic E-state index is -0.378. The maximum atomic E-state index is 12.2. The molecule has 0 bridgehead atoms. The van der Waals surface area contributed by atoms with E-state index >= 15 is 0 Å². The van der Waals surface area contributed by atoms with E-state index < -0.39 is 0 Å². The number of nitrogens with zero attached hydrogens (tertiary/aromatic N) is 1. The van der Waals surface area contributed by atoms with Crippen molar-refractivity contribution in [3.05, 3.63) is 69.9 Å². The first-order valence-electron chi connectivity index (χ1n) is 7.88. The third kappa shape index (κ3) is 3.77. The summed E-state index contributed by atoms with van der Waals surface area (Å²) in [5.74, 6) is 1.79.